The Labute approximate surface area is 123 Å². The first kappa shape index (κ1) is 13.9. The maximum atomic E-state index is 12.4. The molecule has 2 saturated heterocycles. The van der Waals surface area contributed by atoms with E-state index in [0.717, 1.165) is 30.9 Å². The molecule has 0 spiro atoms. The van der Waals surface area contributed by atoms with E-state index in [9.17, 15) is 9.59 Å². The van der Waals surface area contributed by atoms with Gasteiger partial charge in [0.2, 0.25) is 0 Å². The van der Waals surface area contributed by atoms with Gasteiger partial charge in [0.25, 0.3) is 0 Å². The van der Waals surface area contributed by atoms with Gasteiger partial charge >= 0.3 is 12.0 Å². The van der Waals surface area contributed by atoms with E-state index in [2.05, 4.69) is 5.32 Å². The Hall–Kier alpha value is -2.08. The number of carboxylic acid groups (broad SMARTS) is 1. The number of aryl methyl sites for hydroxylation is 1. The quantitative estimate of drug-likeness (QED) is 0.864. The number of benzene rings is 1. The normalized spacial score (nSPS) is 21.5. The predicted octanol–water partition coefficient (Wildman–Crippen LogP) is 0.918. The monoisotopic (exact) mass is 289 g/mol. The van der Waals surface area contributed by atoms with Crippen LogP contribution in [0.1, 0.15) is 12.0 Å². The SMILES string of the molecule is O=C(O)CCc1ccc(N2CC3CNCCN3C2=O)cc1. The molecule has 2 heterocycles. The molecule has 0 bridgehead atoms. The number of hydrogen-bond donors (Lipinski definition) is 2. The van der Waals surface area contributed by atoms with Crippen molar-refractivity contribution in [2.24, 2.45) is 0 Å². The van der Waals surface area contributed by atoms with Crippen LogP contribution in [-0.4, -0.2) is 54.2 Å². The molecule has 3 rings (SSSR count). The topological polar surface area (TPSA) is 72.9 Å². The second-order valence-corrected chi connectivity index (χ2v) is 5.50. The number of aliphatic carboxylic acids is 1. The van der Waals surface area contributed by atoms with Crippen LogP contribution in [0.3, 0.4) is 0 Å². The molecule has 112 valence electrons. The van der Waals surface area contributed by atoms with E-state index >= 15 is 0 Å². The Morgan fingerprint density at radius 3 is 2.76 bits per heavy atom. The van der Waals surface area contributed by atoms with Gasteiger partial charge < -0.3 is 15.3 Å². The van der Waals surface area contributed by atoms with Crippen LogP contribution >= 0.6 is 0 Å². The molecule has 1 atom stereocenters. The molecule has 6 heteroatoms. The van der Waals surface area contributed by atoms with E-state index in [1.807, 2.05) is 29.2 Å². The van der Waals surface area contributed by atoms with Crippen molar-refractivity contribution in [3.8, 4) is 0 Å². The maximum absolute atomic E-state index is 12.4. The number of urea groups is 1. The van der Waals surface area contributed by atoms with Crippen LogP contribution in [0, 0.1) is 0 Å². The molecule has 6 nitrogen and oxygen atoms in total. The minimum absolute atomic E-state index is 0.0692. The summed E-state index contributed by atoms with van der Waals surface area (Å²) >= 11 is 0. The van der Waals surface area contributed by atoms with Crippen molar-refractivity contribution < 1.29 is 14.7 Å². The van der Waals surface area contributed by atoms with Crippen LogP contribution in [-0.2, 0) is 11.2 Å². The summed E-state index contributed by atoms with van der Waals surface area (Å²) in [6.45, 7) is 3.17. The van der Waals surface area contributed by atoms with E-state index in [1.54, 1.807) is 4.90 Å². The molecule has 21 heavy (non-hydrogen) atoms. The third-order valence-electron chi connectivity index (χ3n) is 4.10. The molecule has 1 aromatic rings. The van der Waals surface area contributed by atoms with Crippen molar-refractivity contribution in [2.75, 3.05) is 31.1 Å². The molecule has 2 fully saturated rings. The number of hydrogen-bond acceptors (Lipinski definition) is 3. The molecule has 1 aromatic carbocycles. The van der Waals surface area contributed by atoms with Crippen molar-refractivity contribution in [2.45, 2.75) is 18.9 Å². The number of piperazine rings is 1. The van der Waals surface area contributed by atoms with Crippen molar-refractivity contribution in [3.05, 3.63) is 29.8 Å². The summed E-state index contributed by atoms with van der Waals surface area (Å²) in [6, 6.07) is 7.93. The number of fused-ring (bicyclic) bond motifs is 1. The van der Waals surface area contributed by atoms with Gasteiger partial charge in [-0.3, -0.25) is 9.69 Å². The van der Waals surface area contributed by atoms with E-state index in [-0.39, 0.29) is 18.5 Å². The van der Waals surface area contributed by atoms with Gasteiger partial charge in [0.05, 0.1) is 6.04 Å². The summed E-state index contributed by atoms with van der Waals surface area (Å²) in [7, 11) is 0. The number of nitrogens with zero attached hydrogens (tertiary/aromatic N) is 2. The summed E-state index contributed by atoms with van der Waals surface area (Å²) in [5, 5.41) is 12.0. The van der Waals surface area contributed by atoms with Crippen molar-refractivity contribution >= 4 is 17.7 Å². The van der Waals surface area contributed by atoms with Crippen molar-refractivity contribution in [3.63, 3.8) is 0 Å². The van der Waals surface area contributed by atoms with Crippen molar-refractivity contribution in [1.82, 2.24) is 10.2 Å². The van der Waals surface area contributed by atoms with Crippen LogP contribution in [0.2, 0.25) is 0 Å². The number of amides is 2. The highest BCUT2D eigenvalue weighted by Gasteiger charge is 2.38. The third kappa shape index (κ3) is 2.85. The lowest BCUT2D eigenvalue weighted by atomic mass is 10.1. The van der Waals surface area contributed by atoms with E-state index in [4.69, 9.17) is 5.11 Å². The molecule has 2 N–H and O–H groups in total. The second-order valence-electron chi connectivity index (χ2n) is 5.50. The van der Waals surface area contributed by atoms with Gasteiger partial charge in [0, 0.05) is 38.3 Å². The third-order valence-corrected chi connectivity index (χ3v) is 4.10. The number of carbonyl (C=O) groups excluding carboxylic acids is 1. The fourth-order valence-corrected chi connectivity index (χ4v) is 2.93. The van der Waals surface area contributed by atoms with Gasteiger partial charge in [-0.15, -0.1) is 0 Å². The largest absolute Gasteiger partial charge is 0.481 e. The Kier molecular flexibility index (Phi) is 3.79. The molecule has 0 radical (unpaired) electrons. The van der Waals surface area contributed by atoms with E-state index in [0.29, 0.717) is 13.0 Å². The molecule has 2 aliphatic rings. The average molecular weight is 289 g/mol. The lowest BCUT2D eigenvalue weighted by Crippen LogP contribution is -2.49. The fourth-order valence-electron chi connectivity index (χ4n) is 2.93. The smallest absolute Gasteiger partial charge is 0.324 e. The molecule has 0 aliphatic carbocycles. The average Bonchev–Trinajstić information content (AvgIpc) is 2.83. The molecule has 2 amide bonds. The number of anilines is 1. The standard InChI is InChI=1S/C15H19N3O3/c19-14(20)6-3-11-1-4-12(5-2-11)18-10-13-9-16-7-8-17(13)15(18)21/h1-2,4-5,13,16H,3,6-10H2,(H,19,20). The van der Waals surface area contributed by atoms with Gasteiger partial charge in [-0.05, 0) is 24.1 Å². The van der Waals surface area contributed by atoms with Gasteiger partial charge in [0.1, 0.15) is 0 Å². The minimum atomic E-state index is -0.793. The zero-order chi connectivity index (χ0) is 14.8. The van der Waals surface area contributed by atoms with E-state index < -0.39 is 5.97 Å². The van der Waals surface area contributed by atoms with Crippen LogP contribution in [0.25, 0.3) is 0 Å². The summed E-state index contributed by atoms with van der Waals surface area (Å²) < 4.78 is 0. The number of carbonyl (C=O) groups is 2. The Morgan fingerprint density at radius 1 is 1.33 bits per heavy atom. The number of carboxylic acids is 1. The number of rotatable bonds is 4. The molecule has 0 saturated carbocycles. The van der Waals surface area contributed by atoms with Gasteiger partial charge in [-0.2, -0.15) is 0 Å². The molecule has 2 aliphatic heterocycles. The molecule has 0 aromatic heterocycles. The first-order valence-corrected chi connectivity index (χ1v) is 7.25. The van der Waals surface area contributed by atoms with E-state index in [1.165, 1.54) is 0 Å². The van der Waals surface area contributed by atoms with Crippen LogP contribution in [0.4, 0.5) is 10.5 Å². The molecule has 1 unspecified atom stereocenters. The van der Waals surface area contributed by atoms with Crippen LogP contribution < -0.4 is 10.2 Å². The highest BCUT2D eigenvalue weighted by Crippen LogP contribution is 2.25. The summed E-state index contributed by atoms with van der Waals surface area (Å²) in [5.41, 5.74) is 1.86. The highest BCUT2D eigenvalue weighted by molar-refractivity contribution is 5.94. The lowest BCUT2D eigenvalue weighted by Gasteiger charge is -2.28. The minimum Gasteiger partial charge on any atom is -0.481 e. The maximum Gasteiger partial charge on any atom is 0.324 e. The Morgan fingerprint density at radius 2 is 2.10 bits per heavy atom. The lowest BCUT2D eigenvalue weighted by molar-refractivity contribution is -0.136. The highest BCUT2D eigenvalue weighted by atomic mass is 16.4. The van der Waals surface area contributed by atoms with Crippen LogP contribution in [0.5, 0.6) is 0 Å². The van der Waals surface area contributed by atoms with Crippen LogP contribution in [0.15, 0.2) is 24.3 Å². The summed E-state index contributed by atoms with van der Waals surface area (Å²) in [5.74, 6) is -0.793. The van der Waals surface area contributed by atoms with Gasteiger partial charge in [-0.25, -0.2) is 4.79 Å². The fraction of sp³-hybridized carbons (Fsp3) is 0.467. The van der Waals surface area contributed by atoms with Gasteiger partial charge in [-0.1, -0.05) is 12.1 Å². The zero-order valence-electron chi connectivity index (χ0n) is 11.8. The zero-order valence-corrected chi connectivity index (χ0v) is 11.8. The number of nitrogens with one attached hydrogen (secondary N) is 1. The second kappa shape index (κ2) is 5.73. The Balaban J connectivity index is 1.69. The Bertz CT molecular complexity index is 544. The first-order chi connectivity index (χ1) is 10.1. The van der Waals surface area contributed by atoms with Gasteiger partial charge in [0.15, 0.2) is 0 Å². The molecular weight excluding hydrogens is 270 g/mol. The molecular formula is C15H19N3O3. The first-order valence-electron chi connectivity index (χ1n) is 7.25. The predicted molar refractivity (Wildman–Crippen MR) is 78.5 cm³/mol. The summed E-state index contributed by atoms with van der Waals surface area (Å²) in [4.78, 5) is 26.7. The summed E-state index contributed by atoms with van der Waals surface area (Å²) in [6.07, 6.45) is 0.645. The van der Waals surface area contributed by atoms with Crippen molar-refractivity contribution in [1.29, 1.82) is 0 Å².